The van der Waals surface area contributed by atoms with E-state index in [1.54, 1.807) is 7.11 Å². The number of halogens is 1. The molecule has 0 saturated heterocycles. The lowest BCUT2D eigenvalue weighted by atomic mass is 10.2. The van der Waals surface area contributed by atoms with Crippen LogP contribution >= 0.6 is 23.4 Å². The number of benzene rings is 3. The van der Waals surface area contributed by atoms with Gasteiger partial charge in [0.05, 0.1) is 18.6 Å². The van der Waals surface area contributed by atoms with Gasteiger partial charge in [0.25, 0.3) is 0 Å². The van der Waals surface area contributed by atoms with Gasteiger partial charge < -0.3 is 10.1 Å². The summed E-state index contributed by atoms with van der Waals surface area (Å²) in [4.78, 5) is 12.7. The summed E-state index contributed by atoms with van der Waals surface area (Å²) < 4.78 is 7.27. The molecular formula is C24H21ClN4O2S. The van der Waals surface area contributed by atoms with Crippen LogP contribution in [0.1, 0.15) is 5.56 Å². The van der Waals surface area contributed by atoms with Crippen LogP contribution in [0, 0.1) is 6.92 Å². The van der Waals surface area contributed by atoms with Crippen molar-refractivity contribution in [2.75, 3.05) is 18.2 Å². The summed E-state index contributed by atoms with van der Waals surface area (Å²) >= 11 is 7.39. The van der Waals surface area contributed by atoms with E-state index in [1.165, 1.54) is 11.8 Å². The van der Waals surface area contributed by atoms with E-state index in [0.717, 1.165) is 16.8 Å². The highest BCUT2D eigenvalue weighted by molar-refractivity contribution is 7.99. The Morgan fingerprint density at radius 1 is 1.06 bits per heavy atom. The van der Waals surface area contributed by atoms with Gasteiger partial charge in [0.1, 0.15) is 5.75 Å². The number of hydrogen-bond donors (Lipinski definition) is 1. The predicted molar refractivity (Wildman–Crippen MR) is 129 cm³/mol. The summed E-state index contributed by atoms with van der Waals surface area (Å²) in [6, 6.07) is 22.9. The molecule has 1 heterocycles. The standard InChI is InChI=1S/C24H21ClN4O2S/c1-16-8-13-21(31-2)20(14-16)26-22(30)15-32-24-28-27-23(17-6-4-3-5-7-17)29(24)19-11-9-18(25)10-12-19/h3-14H,15H2,1-2H3,(H,26,30). The summed E-state index contributed by atoms with van der Waals surface area (Å²) in [5.41, 5.74) is 3.46. The zero-order valence-corrected chi connectivity index (χ0v) is 19.2. The van der Waals surface area contributed by atoms with Gasteiger partial charge in [-0.05, 0) is 48.9 Å². The van der Waals surface area contributed by atoms with E-state index in [-0.39, 0.29) is 11.7 Å². The maximum atomic E-state index is 12.7. The summed E-state index contributed by atoms with van der Waals surface area (Å²) in [5, 5.41) is 12.9. The lowest BCUT2D eigenvalue weighted by Gasteiger charge is -2.12. The molecule has 0 bridgehead atoms. The first-order valence-electron chi connectivity index (χ1n) is 9.89. The minimum absolute atomic E-state index is 0.161. The molecule has 4 aromatic rings. The highest BCUT2D eigenvalue weighted by Crippen LogP contribution is 2.29. The fourth-order valence-corrected chi connectivity index (χ4v) is 4.07. The van der Waals surface area contributed by atoms with Crippen LogP contribution in [0.2, 0.25) is 5.02 Å². The van der Waals surface area contributed by atoms with Crippen LogP contribution in [0.5, 0.6) is 5.75 Å². The topological polar surface area (TPSA) is 69.0 Å². The van der Waals surface area contributed by atoms with Crippen molar-refractivity contribution in [2.24, 2.45) is 0 Å². The third-order valence-corrected chi connectivity index (χ3v) is 5.89. The number of methoxy groups -OCH3 is 1. The number of nitrogens with one attached hydrogen (secondary N) is 1. The summed E-state index contributed by atoms with van der Waals surface area (Å²) in [5.74, 6) is 1.31. The molecule has 4 rings (SSSR count). The van der Waals surface area contributed by atoms with E-state index in [9.17, 15) is 4.79 Å². The zero-order chi connectivity index (χ0) is 22.5. The molecule has 0 spiro atoms. The van der Waals surface area contributed by atoms with Gasteiger partial charge in [-0.1, -0.05) is 59.8 Å². The van der Waals surface area contributed by atoms with Gasteiger partial charge in [-0.2, -0.15) is 0 Å². The molecule has 0 aliphatic rings. The molecule has 6 nitrogen and oxygen atoms in total. The van der Waals surface area contributed by atoms with Gasteiger partial charge in [-0.3, -0.25) is 9.36 Å². The van der Waals surface area contributed by atoms with Crippen molar-refractivity contribution in [2.45, 2.75) is 12.1 Å². The molecule has 8 heteroatoms. The lowest BCUT2D eigenvalue weighted by molar-refractivity contribution is -0.113. The van der Waals surface area contributed by atoms with Gasteiger partial charge in [-0.25, -0.2) is 0 Å². The van der Waals surface area contributed by atoms with Gasteiger partial charge in [0, 0.05) is 16.3 Å². The Balaban J connectivity index is 1.59. The summed E-state index contributed by atoms with van der Waals surface area (Å²) in [6.45, 7) is 1.96. The number of thioether (sulfide) groups is 1. The van der Waals surface area contributed by atoms with Gasteiger partial charge in [0.15, 0.2) is 11.0 Å². The zero-order valence-electron chi connectivity index (χ0n) is 17.6. The van der Waals surface area contributed by atoms with E-state index < -0.39 is 0 Å². The fraction of sp³-hybridized carbons (Fsp3) is 0.125. The van der Waals surface area contributed by atoms with E-state index in [0.29, 0.717) is 27.4 Å². The number of ether oxygens (including phenoxy) is 1. The van der Waals surface area contributed by atoms with E-state index in [4.69, 9.17) is 16.3 Å². The maximum Gasteiger partial charge on any atom is 0.234 e. The molecule has 0 unspecified atom stereocenters. The van der Waals surface area contributed by atoms with Crippen molar-refractivity contribution >= 4 is 35.0 Å². The number of anilines is 1. The minimum atomic E-state index is -0.161. The quantitative estimate of drug-likeness (QED) is 0.359. The predicted octanol–water partition coefficient (Wildman–Crippen LogP) is 5.64. The second kappa shape index (κ2) is 9.89. The van der Waals surface area contributed by atoms with Crippen molar-refractivity contribution in [3.8, 4) is 22.8 Å². The number of aryl methyl sites for hydroxylation is 1. The highest BCUT2D eigenvalue weighted by Gasteiger charge is 2.18. The van der Waals surface area contributed by atoms with Gasteiger partial charge >= 0.3 is 0 Å². The molecule has 0 atom stereocenters. The van der Waals surface area contributed by atoms with Crippen molar-refractivity contribution in [3.63, 3.8) is 0 Å². The van der Waals surface area contributed by atoms with Crippen molar-refractivity contribution < 1.29 is 9.53 Å². The van der Waals surface area contributed by atoms with Crippen LogP contribution in [-0.4, -0.2) is 33.5 Å². The van der Waals surface area contributed by atoms with Crippen molar-refractivity contribution in [1.29, 1.82) is 0 Å². The maximum absolute atomic E-state index is 12.7. The van der Waals surface area contributed by atoms with Crippen LogP contribution in [0.25, 0.3) is 17.1 Å². The Morgan fingerprint density at radius 3 is 2.53 bits per heavy atom. The Bertz CT molecular complexity index is 1230. The Morgan fingerprint density at radius 2 is 1.81 bits per heavy atom. The first-order valence-corrected chi connectivity index (χ1v) is 11.3. The van der Waals surface area contributed by atoms with Crippen LogP contribution in [0.3, 0.4) is 0 Å². The second-order valence-electron chi connectivity index (χ2n) is 7.02. The molecule has 0 radical (unpaired) electrons. The van der Waals surface area contributed by atoms with Crippen molar-refractivity contribution in [3.05, 3.63) is 83.4 Å². The molecule has 1 amide bonds. The van der Waals surface area contributed by atoms with E-state index in [2.05, 4.69) is 15.5 Å². The largest absolute Gasteiger partial charge is 0.495 e. The third kappa shape index (κ3) is 4.95. The Hall–Kier alpha value is -3.29. The molecule has 0 aliphatic carbocycles. The second-order valence-corrected chi connectivity index (χ2v) is 8.40. The molecular weight excluding hydrogens is 444 g/mol. The number of nitrogens with zero attached hydrogens (tertiary/aromatic N) is 3. The molecule has 0 fully saturated rings. The number of carbonyl (C=O) groups excluding carboxylic acids is 1. The number of rotatable bonds is 7. The van der Waals surface area contributed by atoms with Crippen LogP contribution in [-0.2, 0) is 4.79 Å². The number of hydrogen-bond acceptors (Lipinski definition) is 5. The molecule has 1 aromatic heterocycles. The normalized spacial score (nSPS) is 10.7. The van der Waals surface area contributed by atoms with Crippen molar-refractivity contribution in [1.82, 2.24) is 14.8 Å². The van der Waals surface area contributed by atoms with E-state index in [1.807, 2.05) is 84.3 Å². The summed E-state index contributed by atoms with van der Waals surface area (Å²) in [7, 11) is 1.58. The van der Waals surface area contributed by atoms with Gasteiger partial charge in [-0.15, -0.1) is 10.2 Å². The Kier molecular flexibility index (Phi) is 6.78. The summed E-state index contributed by atoms with van der Waals surface area (Å²) in [6.07, 6.45) is 0. The monoisotopic (exact) mass is 464 g/mol. The first kappa shape index (κ1) is 21.9. The molecule has 0 aliphatic heterocycles. The lowest BCUT2D eigenvalue weighted by Crippen LogP contribution is -2.15. The average Bonchev–Trinajstić information content (AvgIpc) is 3.23. The minimum Gasteiger partial charge on any atom is -0.495 e. The van der Waals surface area contributed by atoms with Crippen LogP contribution < -0.4 is 10.1 Å². The van der Waals surface area contributed by atoms with Crippen LogP contribution in [0.15, 0.2) is 78.0 Å². The third-order valence-electron chi connectivity index (χ3n) is 4.71. The fourth-order valence-electron chi connectivity index (χ4n) is 3.20. The average molecular weight is 465 g/mol. The highest BCUT2D eigenvalue weighted by atomic mass is 35.5. The molecule has 0 saturated carbocycles. The van der Waals surface area contributed by atoms with Gasteiger partial charge in [0.2, 0.25) is 5.91 Å². The van der Waals surface area contributed by atoms with E-state index >= 15 is 0 Å². The molecule has 3 aromatic carbocycles. The number of carbonyl (C=O) groups is 1. The number of amides is 1. The van der Waals surface area contributed by atoms with Crippen LogP contribution in [0.4, 0.5) is 5.69 Å². The Labute approximate surface area is 195 Å². The number of aromatic nitrogens is 3. The first-order chi connectivity index (χ1) is 15.5. The molecule has 1 N–H and O–H groups in total. The molecule has 162 valence electrons. The molecule has 32 heavy (non-hydrogen) atoms. The smallest absolute Gasteiger partial charge is 0.234 e. The SMILES string of the molecule is COc1ccc(C)cc1NC(=O)CSc1nnc(-c2ccccc2)n1-c1ccc(Cl)cc1.